The smallest absolute Gasteiger partial charge is 0.122 e. The molecule has 0 unspecified atom stereocenters. The topological polar surface area (TPSA) is 30.5 Å². The maximum Gasteiger partial charge on any atom is 0.122 e. The summed E-state index contributed by atoms with van der Waals surface area (Å²) in [6, 6.07) is 7.77. The summed E-state index contributed by atoms with van der Waals surface area (Å²) in [4.78, 5) is 0. The SMILES string of the molecule is CC[C@H](N[C@@H]1CCO[C@]2(CCSC2)C1)c1ccc2c(c1)CCO2. The van der Waals surface area contributed by atoms with Crippen LogP contribution in [0.15, 0.2) is 18.2 Å². The average Bonchev–Trinajstić information content (AvgIpc) is 3.21. The van der Waals surface area contributed by atoms with Gasteiger partial charge in [-0.2, -0.15) is 11.8 Å². The fourth-order valence-electron chi connectivity index (χ4n) is 4.19. The number of hydrogen-bond donors (Lipinski definition) is 1. The minimum absolute atomic E-state index is 0.157. The van der Waals surface area contributed by atoms with Gasteiger partial charge in [0.05, 0.1) is 12.2 Å². The molecule has 23 heavy (non-hydrogen) atoms. The highest BCUT2D eigenvalue weighted by atomic mass is 32.2. The molecule has 1 aromatic carbocycles. The van der Waals surface area contributed by atoms with E-state index in [2.05, 4.69) is 30.4 Å². The standard InChI is InChI=1S/C19H27NO2S/c1-2-17(14-3-4-18-15(11-14)5-8-21-18)20-16-6-9-22-19(12-16)7-10-23-13-19/h3-4,11,16-17,20H,2,5-10,12-13H2,1H3/t16-,17+,19-/m1/s1. The van der Waals surface area contributed by atoms with Crippen molar-refractivity contribution in [1.29, 1.82) is 0 Å². The van der Waals surface area contributed by atoms with Gasteiger partial charge < -0.3 is 14.8 Å². The molecule has 0 saturated carbocycles. The summed E-state index contributed by atoms with van der Waals surface area (Å²) >= 11 is 2.05. The van der Waals surface area contributed by atoms with Crippen molar-refractivity contribution in [3.05, 3.63) is 29.3 Å². The summed E-state index contributed by atoms with van der Waals surface area (Å²) in [5.41, 5.74) is 2.95. The number of rotatable bonds is 4. The van der Waals surface area contributed by atoms with Crippen LogP contribution in [0.3, 0.4) is 0 Å². The molecule has 126 valence electrons. The highest BCUT2D eigenvalue weighted by molar-refractivity contribution is 7.99. The summed E-state index contributed by atoms with van der Waals surface area (Å²) < 4.78 is 11.8. The van der Waals surface area contributed by atoms with Crippen LogP contribution in [-0.2, 0) is 11.2 Å². The van der Waals surface area contributed by atoms with Crippen LogP contribution in [0.25, 0.3) is 0 Å². The zero-order valence-electron chi connectivity index (χ0n) is 14.0. The lowest BCUT2D eigenvalue weighted by Gasteiger charge is -2.39. The third-order valence-corrected chi connectivity index (χ3v) is 6.74. The van der Waals surface area contributed by atoms with E-state index in [0.29, 0.717) is 12.1 Å². The number of nitrogens with one attached hydrogen (secondary N) is 1. The predicted octanol–water partition coefficient (Wildman–Crippen LogP) is 3.72. The monoisotopic (exact) mass is 333 g/mol. The normalized spacial score (nSPS) is 31.1. The highest BCUT2D eigenvalue weighted by Gasteiger charge is 2.40. The van der Waals surface area contributed by atoms with Gasteiger partial charge in [-0.1, -0.05) is 19.1 Å². The molecule has 0 aromatic heterocycles. The van der Waals surface area contributed by atoms with Crippen LogP contribution in [0.2, 0.25) is 0 Å². The molecule has 3 aliphatic heterocycles. The van der Waals surface area contributed by atoms with Crippen molar-refractivity contribution in [2.75, 3.05) is 24.7 Å². The number of benzene rings is 1. The first kappa shape index (κ1) is 15.8. The fraction of sp³-hybridized carbons (Fsp3) is 0.684. The van der Waals surface area contributed by atoms with Crippen LogP contribution in [-0.4, -0.2) is 36.4 Å². The van der Waals surface area contributed by atoms with E-state index in [1.54, 1.807) is 0 Å². The summed E-state index contributed by atoms with van der Waals surface area (Å²) in [6.07, 6.45) is 5.71. The van der Waals surface area contributed by atoms with Crippen molar-refractivity contribution in [3.8, 4) is 5.75 Å². The molecular weight excluding hydrogens is 306 g/mol. The third-order valence-electron chi connectivity index (χ3n) is 5.52. The predicted molar refractivity (Wildman–Crippen MR) is 95.5 cm³/mol. The fourth-order valence-corrected chi connectivity index (χ4v) is 5.57. The van der Waals surface area contributed by atoms with Gasteiger partial charge in [0.2, 0.25) is 0 Å². The van der Waals surface area contributed by atoms with Gasteiger partial charge in [0.15, 0.2) is 0 Å². The van der Waals surface area contributed by atoms with Gasteiger partial charge in [-0.25, -0.2) is 0 Å². The van der Waals surface area contributed by atoms with Crippen molar-refractivity contribution in [3.63, 3.8) is 0 Å². The molecule has 3 aliphatic rings. The molecule has 3 nitrogen and oxygen atoms in total. The van der Waals surface area contributed by atoms with Crippen LogP contribution >= 0.6 is 11.8 Å². The van der Waals surface area contributed by atoms with Crippen LogP contribution in [0.5, 0.6) is 5.75 Å². The first-order valence-electron chi connectivity index (χ1n) is 9.01. The lowest BCUT2D eigenvalue weighted by Crippen LogP contribution is -2.48. The Morgan fingerprint density at radius 3 is 3.17 bits per heavy atom. The molecule has 4 rings (SSSR count). The molecule has 3 atom stereocenters. The number of ether oxygens (including phenoxy) is 2. The molecule has 0 amide bonds. The van der Waals surface area contributed by atoms with E-state index in [4.69, 9.17) is 9.47 Å². The largest absolute Gasteiger partial charge is 0.493 e. The maximum absolute atomic E-state index is 6.16. The molecule has 0 radical (unpaired) electrons. The second-order valence-electron chi connectivity index (χ2n) is 7.12. The van der Waals surface area contributed by atoms with E-state index >= 15 is 0 Å². The van der Waals surface area contributed by atoms with Gasteiger partial charge in [0.25, 0.3) is 0 Å². The molecule has 1 spiro atoms. The quantitative estimate of drug-likeness (QED) is 0.910. The first-order chi connectivity index (χ1) is 11.3. The highest BCUT2D eigenvalue weighted by Crippen LogP contribution is 2.39. The number of fused-ring (bicyclic) bond motifs is 1. The van der Waals surface area contributed by atoms with Gasteiger partial charge >= 0.3 is 0 Å². The van der Waals surface area contributed by atoms with Crippen molar-refractivity contribution in [2.24, 2.45) is 0 Å². The van der Waals surface area contributed by atoms with Crippen LogP contribution < -0.4 is 10.1 Å². The molecular formula is C19H27NO2S. The van der Waals surface area contributed by atoms with Crippen LogP contribution in [0.1, 0.15) is 49.8 Å². The molecule has 0 aliphatic carbocycles. The van der Waals surface area contributed by atoms with E-state index in [1.807, 2.05) is 11.8 Å². The van der Waals surface area contributed by atoms with Gasteiger partial charge in [0, 0.05) is 30.9 Å². The Kier molecular flexibility index (Phi) is 4.57. The molecule has 1 aromatic rings. The van der Waals surface area contributed by atoms with Crippen molar-refractivity contribution in [2.45, 2.75) is 56.7 Å². The van der Waals surface area contributed by atoms with Crippen LogP contribution in [0.4, 0.5) is 0 Å². The molecule has 0 bridgehead atoms. The summed E-state index contributed by atoms with van der Waals surface area (Å²) in [7, 11) is 0. The lowest BCUT2D eigenvalue weighted by atomic mass is 9.88. The Balaban J connectivity index is 1.45. The Hall–Kier alpha value is -0.710. The Morgan fingerprint density at radius 1 is 1.39 bits per heavy atom. The van der Waals surface area contributed by atoms with Gasteiger partial charge in [-0.05, 0) is 48.6 Å². The summed E-state index contributed by atoms with van der Waals surface area (Å²) in [5, 5.41) is 3.93. The zero-order chi connectivity index (χ0) is 15.7. The lowest BCUT2D eigenvalue weighted by molar-refractivity contribution is -0.0714. The maximum atomic E-state index is 6.16. The van der Waals surface area contributed by atoms with Gasteiger partial charge in [-0.15, -0.1) is 0 Å². The number of thioether (sulfide) groups is 1. The molecule has 4 heteroatoms. The van der Waals surface area contributed by atoms with E-state index in [1.165, 1.54) is 35.5 Å². The van der Waals surface area contributed by atoms with E-state index in [0.717, 1.165) is 38.2 Å². The first-order valence-corrected chi connectivity index (χ1v) is 10.2. The Labute approximate surface area is 143 Å². The van der Waals surface area contributed by atoms with Crippen molar-refractivity contribution in [1.82, 2.24) is 5.32 Å². The second-order valence-corrected chi connectivity index (χ2v) is 8.22. The molecule has 3 heterocycles. The molecule has 2 saturated heterocycles. The van der Waals surface area contributed by atoms with Crippen molar-refractivity contribution < 1.29 is 9.47 Å². The third kappa shape index (κ3) is 3.26. The van der Waals surface area contributed by atoms with E-state index < -0.39 is 0 Å². The van der Waals surface area contributed by atoms with Gasteiger partial charge in [0.1, 0.15) is 5.75 Å². The van der Waals surface area contributed by atoms with Crippen LogP contribution in [0, 0.1) is 0 Å². The summed E-state index contributed by atoms with van der Waals surface area (Å²) in [5.74, 6) is 3.52. The summed E-state index contributed by atoms with van der Waals surface area (Å²) in [6.45, 7) is 4.03. The minimum atomic E-state index is 0.157. The second kappa shape index (κ2) is 6.66. The molecule has 2 fully saturated rings. The van der Waals surface area contributed by atoms with Gasteiger partial charge in [-0.3, -0.25) is 0 Å². The zero-order valence-corrected chi connectivity index (χ0v) is 14.8. The van der Waals surface area contributed by atoms with Crippen molar-refractivity contribution >= 4 is 11.8 Å². The minimum Gasteiger partial charge on any atom is -0.493 e. The Bertz CT molecular complexity index is 556. The van der Waals surface area contributed by atoms with E-state index in [-0.39, 0.29) is 5.60 Å². The molecule has 1 N–H and O–H groups in total. The Morgan fingerprint density at radius 2 is 2.35 bits per heavy atom. The number of hydrogen-bond acceptors (Lipinski definition) is 4. The van der Waals surface area contributed by atoms with E-state index in [9.17, 15) is 0 Å². The average molecular weight is 333 g/mol.